The van der Waals surface area contributed by atoms with Gasteiger partial charge >= 0.3 is 0 Å². The van der Waals surface area contributed by atoms with E-state index >= 15 is 0 Å². The summed E-state index contributed by atoms with van der Waals surface area (Å²) in [7, 11) is 0. The zero-order valence-electron chi connectivity index (χ0n) is 16.5. The van der Waals surface area contributed by atoms with E-state index in [1.54, 1.807) is 24.5 Å². The highest BCUT2D eigenvalue weighted by atomic mass is 16.2. The van der Waals surface area contributed by atoms with Crippen LogP contribution in [0, 0.1) is 23.7 Å². The highest BCUT2D eigenvalue weighted by Gasteiger charge is 2.58. The van der Waals surface area contributed by atoms with Gasteiger partial charge in [-0.1, -0.05) is 42.5 Å². The van der Waals surface area contributed by atoms with E-state index in [0.29, 0.717) is 5.69 Å². The Morgan fingerprint density at radius 1 is 1.00 bits per heavy atom. The quantitative estimate of drug-likeness (QED) is 0.616. The predicted molar refractivity (Wildman–Crippen MR) is 111 cm³/mol. The molecule has 2 aromatic rings. The molecule has 0 spiro atoms. The minimum absolute atomic E-state index is 0.0125. The van der Waals surface area contributed by atoms with Gasteiger partial charge in [0, 0.05) is 6.20 Å². The molecule has 6 heteroatoms. The second-order valence-corrected chi connectivity index (χ2v) is 8.31. The lowest BCUT2D eigenvalue weighted by atomic mass is 9.63. The number of likely N-dealkylation sites (tertiary alicyclic amines) is 1. The topological polar surface area (TPSA) is 79.4 Å². The van der Waals surface area contributed by atoms with E-state index < -0.39 is 6.04 Å². The molecular weight excluding hydrogens is 378 g/mol. The summed E-state index contributed by atoms with van der Waals surface area (Å²) in [4.78, 5) is 45.1. The number of allylic oxidation sites excluding steroid dienone is 2. The summed E-state index contributed by atoms with van der Waals surface area (Å²) < 4.78 is 0. The molecule has 1 aromatic heterocycles. The number of imide groups is 1. The van der Waals surface area contributed by atoms with Gasteiger partial charge < -0.3 is 5.32 Å². The summed E-state index contributed by atoms with van der Waals surface area (Å²) in [6.45, 7) is 0. The molecule has 1 saturated heterocycles. The molecule has 4 aliphatic rings. The number of hydrogen-bond donors (Lipinski definition) is 1. The first kappa shape index (κ1) is 18.7. The summed E-state index contributed by atoms with van der Waals surface area (Å²) in [5, 5.41) is 2.82. The van der Waals surface area contributed by atoms with Crippen molar-refractivity contribution in [2.45, 2.75) is 25.3 Å². The molecule has 5 atom stereocenters. The van der Waals surface area contributed by atoms with Gasteiger partial charge in [0.05, 0.1) is 36.2 Å². The molecule has 6 nitrogen and oxygen atoms in total. The molecule has 30 heavy (non-hydrogen) atoms. The summed E-state index contributed by atoms with van der Waals surface area (Å²) >= 11 is 0. The smallest absolute Gasteiger partial charge is 0.234 e. The van der Waals surface area contributed by atoms with E-state index in [-0.39, 0.29) is 47.8 Å². The number of carbonyl (C=O) groups is 3. The molecule has 2 bridgehead atoms. The molecule has 3 amide bonds. The minimum Gasteiger partial charge on any atom is -0.325 e. The second kappa shape index (κ2) is 7.52. The molecule has 1 N–H and O–H groups in total. The molecule has 1 saturated carbocycles. The maximum Gasteiger partial charge on any atom is 0.234 e. The fraction of sp³-hybridized carbons (Fsp3) is 0.333. The fourth-order valence-corrected chi connectivity index (χ4v) is 5.26. The Morgan fingerprint density at radius 2 is 1.67 bits per heavy atom. The van der Waals surface area contributed by atoms with Gasteiger partial charge in [0.1, 0.15) is 0 Å². The molecule has 0 unspecified atom stereocenters. The van der Waals surface area contributed by atoms with Crippen LogP contribution in [0.4, 0.5) is 5.69 Å². The molecule has 1 aliphatic heterocycles. The third kappa shape index (κ3) is 3.12. The van der Waals surface area contributed by atoms with Crippen LogP contribution in [-0.2, 0) is 14.4 Å². The lowest BCUT2D eigenvalue weighted by Crippen LogP contribution is -2.38. The van der Waals surface area contributed by atoms with Crippen LogP contribution in [0.25, 0.3) is 0 Å². The standard InChI is InChI=1S/C24H23N3O3/c28-20(26-18-7-4-12-25-14-18)13-19(15-5-2-1-3-6-15)27-23(29)21-16-8-9-17(11-10-16)22(21)24(27)30/h1-9,12,14,16-17,19,21-22H,10-11,13H2,(H,26,28)/t16-,17-,19-,21-,22+/m0/s1. The Kier molecular flexibility index (Phi) is 4.69. The number of benzene rings is 1. The van der Waals surface area contributed by atoms with Crippen LogP contribution in [0.3, 0.4) is 0 Å². The first-order chi connectivity index (χ1) is 14.6. The third-order valence-corrected chi connectivity index (χ3v) is 6.61. The highest BCUT2D eigenvalue weighted by Crippen LogP contribution is 2.51. The van der Waals surface area contributed by atoms with Crippen molar-refractivity contribution in [2.24, 2.45) is 23.7 Å². The zero-order valence-corrected chi connectivity index (χ0v) is 16.5. The number of fused-ring (bicyclic) bond motifs is 1. The number of rotatable bonds is 5. The van der Waals surface area contributed by atoms with Crippen LogP contribution in [0.15, 0.2) is 67.0 Å². The van der Waals surface area contributed by atoms with Crippen molar-refractivity contribution in [2.75, 3.05) is 5.32 Å². The van der Waals surface area contributed by atoms with E-state index in [9.17, 15) is 14.4 Å². The summed E-state index contributed by atoms with van der Waals surface area (Å²) in [6.07, 6.45) is 9.33. The van der Waals surface area contributed by atoms with Crippen LogP contribution < -0.4 is 5.32 Å². The van der Waals surface area contributed by atoms with Gasteiger partial charge in [-0.15, -0.1) is 0 Å². The van der Waals surface area contributed by atoms with Crippen LogP contribution in [-0.4, -0.2) is 27.6 Å². The average molecular weight is 401 g/mol. The molecule has 1 aromatic carbocycles. The number of hydrogen-bond acceptors (Lipinski definition) is 4. The van der Waals surface area contributed by atoms with Crippen molar-refractivity contribution in [1.29, 1.82) is 0 Å². The van der Waals surface area contributed by atoms with Crippen molar-refractivity contribution >= 4 is 23.4 Å². The Hall–Kier alpha value is -3.28. The van der Waals surface area contributed by atoms with Crippen molar-refractivity contribution in [1.82, 2.24) is 9.88 Å². The molecule has 6 rings (SSSR count). The van der Waals surface area contributed by atoms with Crippen LogP contribution in [0.2, 0.25) is 0 Å². The summed E-state index contributed by atoms with van der Waals surface area (Å²) in [5.74, 6) is -0.834. The maximum atomic E-state index is 13.4. The van der Waals surface area contributed by atoms with Crippen molar-refractivity contribution in [3.63, 3.8) is 0 Å². The van der Waals surface area contributed by atoms with E-state index in [4.69, 9.17) is 0 Å². The molecular formula is C24H23N3O3. The summed E-state index contributed by atoms with van der Waals surface area (Å²) in [6, 6.07) is 12.2. The van der Waals surface area contributed by atoms with Crippen molar-refractivity contribution in [3.8, 4) is 0 Å². The minimum atomic E-state index is -0.618. The zero-order chi connectivity index (χ0) is 20.7. The van der Waals surface area contributed by atoms with Gasteiger partial charge in [-0.2, -0.15) is 0 Å². The number of nitrogens with one attached hydrogen (secondary N) is 1. The van der Waals surface area contributed by atoms with Gasteiger partial charge in [0.25, 0.3) is 0 Å². The second-order valence-electron chi connectivity index (χ2n) is 8.31. The van der Waals surface area contributed by atoms with Crippen LogP contribution in [0.5, 0.6) is 0 Å². The Bertz CT molecular complexity index is 973. The number of pyridine rings is 1. The number of aromatic nitrogens is 1. The van der Waals surface area contributed by atoms with E-state index in [1.165, 1.54) is 4.90 Å². The third-order valence-electron chi connectivity index (χ3n) is 6.61. The number of anilines is 1. The molecule has 2 heterocycles. The first-order valence-electron chi connectivity index (χ1n) is 10.4. The largest absolute Gasteiger partial charge is 0.325 e. The van der Waals surface area contributed by atoms with Gasteiger partial charge in [0.15, 0.2) is 0 Å². The molecule has 3 aliphatic carbocycles. The molecule has 152 valence electrons. The lowest BCUT2D eigenvalue weighted by Gasteiger charge is -2.38. The van der Waals surface area contributed by atoms with Gasteiger partial charge in [0.2, 0.25) is 17.7 Å². The number of nitrogens with zero attached hydrogens (tertiary/aromatic N) is 2. The van der Waals surface area contributed by atoms with Crippen molar-refractivity contribution in [3.05, 3.63) is 72.6 Å². The molecule has 2 fully saturated rings. The highest BCUT2D eigenvalue weighted by molar-refractivity contribution is 6.07. The monoisotopic (exact) mass is 401 g/mol. The SMILES string of the molecule is O=C(C[C@@H](c1ccccc1)N1C(=O)[C@@H]2[C@H](C1=O)[C@H]1C=C[C@H]2CC1)Nc1cccnc1. The Balaban J connectivity index is 1.45. The Morgan fingerprint density at radius 3 is 2.23 bits per heavy atom. The summed E-state index contributed by atoms with van der Waals surface area (Å²) in [5.41, 5.74) is 1.38. The van der Waals surface area contributed by atoms with Gasteiger partial charge in [-0.25, -0.2) is 0 Å². The maximum absolute atomic E-state index is 13.4. The van der Waals surface area contributed by atoms with Crippen LogP contribution >= 0.6 is 0 Å². The van der Waals surface area contributed by atoms with E-state index in [2.05, 4.69) is 22.5 Å². The predicted octanol–water partition coefficient (Wildman–Crippen LogP) is 3.35. The fourth-order valence-electron chi connectivity index (χ4n) is 5.26. The average Bonchev–Trinajstić information content (AvgIpc) is 3.07. The first-order valence-corrected chi connectivity index (χ1v) is 10.4. The van der Waals surface area contributed by atoms with E-state index in [1.807, 2.05) is 30.3 Å². The van der Waals surface area contributed by atoms with Crippen molar-refractivity contribution < 1.29 is 14.4 Å². The van der Waals surface area contributed by atoms with E-state index in [0.717, 1.165) is 18.4 Å². The normalized spacial score (nSPS) is 27.8. The van der Waals surface area contributed by atoms with Gasteiger partial charge in [-0.05, 0) is 42.4 Å². The molecule has 0 radical (unpaired) electrons. The Labute approximate surface area is 175 Å². The number of carbonyl (C=O) groups excluding carboxylic acids is 3. The van der Waals surface area contributed by atoms with Gasteiger partial charge in [-0.3, -0.25) is 24.3 Å². The van der Waals surface area contributed by atoms with Crippen LogP contribution in [0.1, 0.15) is 30.9 Å². The number of amides is 3. The lowest BCUT2D eigenvalue weighted by molar-refractivity contribution is -0.143.